The molecule has 12 heavy (non-hydrogen) atoms. The van der Waals surface area contributed by atoms with E-state index in [1.54, 1.807) is 0 Å². The molecule has 0 atom stereocenters. The van der Waals surface area contributed by atoms with Crippen LogP contribution in [-0.4, -0.2) is 13.2 Å². The summed E-state index contributed by atoms with van der Waals surface area (Å²) in [6.45, 7) is 4.08. The van der Waals surface area contributed by atoms with Gasteiger partial charge in [-0.15, -0.1) is 0 Å². The second-order valence-electron chi connectivity index (χ2n) is 3.26. The SMILES string of the molecule is Cc1ccc2c(c1)NCNCC2. The minimum absolute atomic E-state index is 0.885. The molecule has 2 N–H and O–H groups in total. The molecular formula is C10H14N2. The molecule has 0 aliphatic carbocycles. The summed E-state index contributed by atoms with van der Waals surface area (Å²) in [7, 11) is 0. The molecule has 0 unspecified atom stereocenters. The number of anilines is 1. The first-order chi connectivity index (χ1) is 5.86. The standard InChI is InChI=1S/C10H14N2/c1-8-2-3-9-4-5-11-7-12-10(9)6-8/h2-3,6,11-12H,4-5,7H2,1H3. The molecule has 1 aliphatic heterocycles. The highest BCUT2D eigenvalue weighted by Gasteiger charge is 2.05. The highest BCUT2D eigenvalue weighted by atomic mass is 15.1. The van der Waals surface area contributed by atoms with Gasteiger partial charge in [-0.05, 0) is 30.5 Å². The first kappa shape index (κ1) is 7.62. The first-order valence-corrected chi connectivity index (χ1v) is 4.40. The maximum atomic E-state index is 3.35. The van der Waals surface area contributed by atoms with Crippen LogP contribution < -0.4 is 10.6 Å². The third kappa shape index (κ3) is 1.43. The molecule has 1 aromatic carbocycles. The molecule has 0 amide bonds. The predicted molar refractivity (Wildman–Crippen MR) is 51.4 cm³/mol. The second-order valence-corrected chi connectivity index (χ2v) is 3.26. The van der Waals surface area contributed by atoms with E-state index in [1.807, 2.05) is 0 Å². The van der Waals surface area contributed by atoms with E-state index in [0.29, 0.717) is 0 Å². The molecule has 0 fully saturated rings. The Labute approximate surface area is 73.0 Å². The molecule has 1 aliphatic rings. The fraction of sp³-hybridized carbons (Fsp3) is 0.400. The lowest BCUT2D eigenvalue weighted by molar-refractivity contribution is 0.743. The van der Waals surface area contributed by atoms with Crippen LogP contribution in [-0.2, 0) is 6.42 Å². The lowest BCUT2D eigenvalue weighted by atomic mass is 10.1. The Morgan fingerprint density at radius 3 is 3.17 bits per heavy atom. The Hall–Kier alpha value is -1.02. The summed E-state index contributed by atoms with van der Waals surface area (Å²) < 4.78 is 0. The summed E-state index contributed by atoms with van der Waals surface area (Å²) in [5.74, 6) is 0. The summed E-state index contributed by atoms with van der Waals surface area (Å²) in [4.78, 5) is 0. The van der Waals surface area contributed by atoms with Crippen LogP contribution >= 0.6 is 0 Å². The van der Waals surface area contributed by atoms with Gasteiger partial charge in [0.15, 0.2) is 0 Å². The molecular weight excluding hydrogens is 148 g/mol. The van der Waals surface area contributed by atoms with Crippen molar-refractivity contribution in [3.05, 3.63) is 29.3 Å². The molecule has 0 bridgehead atoms. The van der Waals surface area contributed by atoms with Crippen molar-refractivity contribution in [3.63, 3.8) is 0 Å². The largest absolute Gasteiger partial charge is 0.372 e. The molecule has 0 spiro atoms. The molecule has 2 heteroatoms. The lowest BCUT2D eigenvalue weighted by Crippen LogP contribution is -2.20. The normalized spacial score (nSPS) is 16.1. The van der Waals surface area contributed by atoms with Crippen LogP contribution in [0.1, 0.15) is 11.1 Å². The van der Waals surface area contributed by atoms with Crippen LogP contribution in [0.5, 0.6) is 0 Å². The van der Waals surface area contributed by atoms with Gasteiger partial charge in [-0.3, -0.25) is 5.32 Å². The van der Waals surface area contributed by atoms with Crippen molar-refractivity contribution in [2.75, 3.05) is 18.5 Å². The molecule has 1 aromatic rings. The lowest BCUT2D eigenvalue weighted by Gasteiger charge is -2.07. The van der Waals surface area contributed by atoms with Crippen molar-refractivity contribution in [1.29, 1.82) is 0 Å². The monoisotopic (exact) mass is 162 g/mol. The van der Waals surface area contributed by atoms with Gasteiger partial charge in [0.1, 0.15) is 0 Å². The molecule has 0 aromatic heterocycles. The van der Waals surface area contributed by atoms with Crippen molar-refractivity contribution in [3.8, 4) is 0 Å². The summed E-state index contributed by atoms with van der Waals surface area (Å²) in [5, 5.41) is 6.66. The number of hydrogen-bond donors (Lipinski definition) is 2. The van der Waals surface area contributed by atoms with Crippen molar-refractivity contribution in [2.45, 2.75) is 13.3 Å². The molecule has 0 saturated heterocycles. The van der Waals surface area contributed by atoms with E-state index < -0.39 is 0 Å². The predicted octanol–water partition coefficient (Wildman–Crippen LogP) is 1.51. The van der Waals surface area contributed by atoms with Crippen molar-refractivity contribution < 1.29 is 0 Å². The molecule has 2 nitrogen and oxygen atoms in total. The van der Waals surface area contributed by atoms with Gasteiger partial charge in [-0.25, -0.2) is 0 Å². The maximum absolute atomic E-state index is 3.35. The van der Waals surface area contributed by atoms with E-state index in [2.05, 4.69) is 35.8 Å². The highest BCUT2D eigenvalue weighted by Crippen LogP contribution is 2.18. The van der Waals surface area contributed by atoms with Gasteiger partial charge in [0.25, 0.3) is 0 Å². The second kappa shape index (κ2) is 3.15. The summed E-state index contributed by atoms with van der Waals surface area (Å²) in [6.07, 6.45) is 1.13. The summed E-state index contributed by atoms with van der Waals surface area (Å²) in [5.41, 5.74) is 4.04. The zero-order chi connectivity index (χ0) is 8.39. The Morgan fingerprint density at radius 2 is 2.25 bits per heavy atom. The van der Waals surface area contributed by atoms with E-state index in [-0.39, 0.29) is 0 Å². The van der Waals surface area contributed by atoms with Crippen LogP contribution in [0.3, 0.4) is 0 Å². The van der Waals surface area contributed by atoms with Crippen molar-refractivity contribution in [2.24, 2.45) is 0 Å². The Balaban J connectivity index is 2.36. The first-order valence-electron chi connectivity index (χ1n) is 4.40. The zero-order valence-electron chi connectivity index (χ0n) is 7.35. The maximum Gasteiger partial charge on any atom is 0.0653 e. The fourth-order valence-electron chi connectivity index (χ4n) is 1.54. The van der Waals surface area contributed by atoms with E-state index in [9.17, 15) is 0 Å². The molecule has 64 valence electrons. The van der Waals surface area contributed by atoms with Gasteiger partial charge in [0.05, 0.1) is 6.67 Å². The van der Waals surface area contributed by atoms with Crippen molar-refractivity contribution >= 4 is 5.69 Å². The smallest absolute Gasteiger partial charge is 0.0653 e. The quantitative estimate of drug-likeness (QED) is 0.604. The van der Waals surface area contributed by atoms with Gasteiger partial charge < -0.3 is 5.32 Å². The topological polar surface area (TPSA) is 24.1 Å². The van der Waals surface area contributed by atoms with Gasteiger partial charge in [0.2, 0.25) is 0 Å². The Kier molecular flexibility index (Phi) is 2.00. The van der Waals surface area contributed by atoms with E-state index in [4.69, 9.17) is 0 Å². The average molecular weight is 162 g/mol. The molecule has 0 radical (unpaired) electrons. The number of nitrogens with one attached hydrogen (secondary N) is 2. The van der Waals surface area contributed by atoms with Crippen LogP contribution in [0.4, 0.5) is 5.69 Å². The van der Waals surface area contributed by atoms with Crippen LogP contribution in [0, 0.1) is 6.92 Å². The van der Waals surface area contributed by atoms with Gasteiger partial charge in [-0.1, -0.05) is 12.1 Å². The Morgan fingerprint density at radius 1 is 1.33 bits per heavy atom. The van der Waals surface area contributed by atoms with Crippen LogP contribution in [0.2, 0.25) is 0 Å². The number of benzene rings is 1. The van der Waals surface area contributed by atoms with Crippen LogP contribution in [0.15, 0.2) is 18.2 Å². The van der Waals surface area contributed by atoms with Crippen molar-refractivity contribution in [1.82, 2.24) is 5.32 Å². The molecule has 2 rings (SSSR count). The van der Waals surface area contributed by atoms with E-state index in [0.717, 1.165) is 19.6 Å². The minimum Gasteiger partial charge on any atom is -0.372 e. The number of aryl methyl sites for hydroxylation is 1. The molecule has 0 saturated carbocycles. The zero-order valence-corrected chi connectivity index (χ0v) is 7.35. The van der Waals surface area contributed by atoms with Crippen LogP contribution in [0.25, 0.3) is 0 Å². The fourth-order valence-corrected chi connectivity index (χ4v) is 1.54. The Bertz CT molecular complexity index is 281. The highest BCUT2D eigenvalue weighted by molar-refractivity contribution is 5.53. The number of rotatable bonds is 0. The third-order valence-corrected chi connectivity index (χ3v) is 2.24. The summed E-state index contributed by atoms with van der Waals surface area (Å²) in [6, 6.07) is 6.60. The van der Waals surface area contributed by atoms with Gasteiger partial charge in [0, 0.05) is 12.2 Å². The third-order valence-electron chi connectivity index (χ3n) is 2.24. The van der Waals surface area contributed by atoms with Gasteiger partial charge >= 0.3 is 0 Å². The molecule has 1 heterocycles. The summed E-state index contributed by atoms with van der Waals surface area (Å²) >= 11 is 0. The van der Waals surface area contributed by atoms with Gasteiger partial charge in [-0.2, -0.15) is 0 Å². The minimum atomic E-state index is 0.885. The van der Waals surface area contributed by atoms with E-state index >= 15 is 0 Å². The number of hydrogen-bond acceptors (Lipinski definition) is 2. The van der Waals surface area contributed by atoms with E-state index in [1.165, 1.54) is 16.8 Å². The average Bonchev–Trinajstić information content (AvgIpc) is 2.28. The number of fused-ring (bicyclic) bond motifs is 1.